The van der Waals surface area contributed by atoms with E-state index in [-0.39, 0.29) is 18.6 Å². The Morgan fingerprint density at radius 2 is 1.67 bits per heavy atom. The number of phenols is 1. The molecule has 1 aliphatic heterocycles. The third kappa shape index (κ3) is 11.5. The lowest BCUT2D eigenvalue weighted by Gasteiger charge is -2.34. The minimum Gasteiger partial charge on any atom is -0.508 e. The summed E-state index contributed by atoms with van der Waals surface area (Å²) in [5.74, 6) is -5.38. The number of urea groups is 1. The number of aliphatic hydroxyl groups is 2. The van der Waals surface area contributed by atoms with Crippen LogP contribution in [-0.4, -0.2) is 131 Å². The van der Waals surface area contributed by atoms with E-state index in [0.717, 1.165) is 38.8 Å². The lowest BCUT2D eigenvalue weighted by Crippen LogP contribution is -2.62. The van der Waals surface area contributed by atoms with Crippen molar-refractivity contribution in [2.24, 2.45) is 5.73 Å². The van der Waals surface area contributed by atoms with Crippen molar-refractivity contribution in [3.63, 3.8) is 0 Å². The maximum absolute atomic E-state index is 14.0. The molecule has 8 atom stereocenters. The van der Waals surface area contributed by atoms with Crippen LogP contribution < -0.4 is 43.6 Å². The molecule has 5 rings (SSSR count). The van der Waals surface area contributed by atoms with Gasteiger partial charge in [0.1, 0.15) is 47.9 Å². The molecule has 23 nitrogen and oxygen atoms in total. The van der Waals surface area contributed by atoms with Crippen molar-refractivity contribution in [3.05, 3.63) is 111 Å². The molecule has 3 heterocycles. The number of likely N-dealkylation sites (N-methyl/N-ethyl adjacent to an activating group) is 1. The van der Waals surface area contributed by atoms with E-state index in [2.05, 4.69) is 31.6 Å². The summed E-state index contributed by atoms with van der Waals surface area (Å²) in [6, 6.07) is 5.92. The van der Waals surface area contributed by atoms with Gasteiger partial charge in [0.25, 0.3) is 5.56 Å². The number of para-hydroxylation sites is 1. The molecule has 0 bridgehead atoms. The quantitative estimate of drug-likeness (QED) is 0.0515. The molecular weight excluding hydrogens is 828 g/mol. The Balaban J connectivity index is 1.35. The molecule has 0 spiro atoms. The number of aliphatic hydroxyl groups excluding tert-OH is 2. The zero-order chi connectivity index (χ0) is 46.1. The number of hydrogen-bond donors (Lipinski definition) is 12. The second kappa shape index (κ2) is 20.4. The minimum atomic E-state index is -1.80. The number of nitrogens with two attached hydrogens (primary N) is 1. The summed E-state index contributed by atoms with van der Waals surface area (Å²) in [4.78, 5) is 109. The summed E-state index contributed by atoms with van der Waals surface area (Å²) in [5, 5.41) is 54.0. The summed E-state index contributed by atoms with van der Waals surface area (Å²) in [5.41, 5.74) is 5.62. The summed E-state index contributed by atoms with van der Waals surface area (Å²) in [7, 11) is 1.28. The van der Waals surface area contributed by atoms with Crippen molar-refractivity contribution < 1.29 is 53.9 Å². The molecular formula is C40H48N10O13. The number of aromatic hydroxyl groups is 1. The van der Waals surface area contributed by atoms with Crippen LogP contribution in [0, 0.1) is 0 Å². The average Bonchev–Trinajstić information content (AvgIpc) is 3.78. The van der Waals surface area contributed by atoms with Crippen LogP contribution in [0.4, 0.5) is 4.79 Å². The van der Waals surface area contributed by atoms with E-state index in [0.29, 0.717) is 11.1 Å². The van der Waals surface area contributed by atoms with Gasteiger partial charge in [0.2, 0.25) is 29.9 Å². The number of amides is 6. The molecule has 63 heavy (non-hydrogen) atoms. The molecule has 0 saturated carbocycles. The van der Waals surface area contributed by atoms with Crippen LogP contribution >= 0.6 is 0 Å². The predicted molar refractivity (Wildman–Crippen MR) is 221 cm³/mol. The van der Waals surface area contributed by atoms with Gasteiger partial charge >= 0.3 is 17.7 Å². The highest BCUT2D eigenvalue weighted by Crippen LogP contribution is 2.30. The fraction of sp³-hybridized carbons (Fsp3) is 0.350. The Bertz CT molecular complexity index is 2500. The number of carboxylic acids is 1. The van der Waals surface area contributed by atoms with Crippen LogP contribution in [0.15, 0.2) is 88.5 Å². The van der Waals surface area contributed by atoms with Gasteiger partial charge in [-0.3, -0.25) is 33.5 Å². The van der Waals surface area contributed by atoms with Gasteiger partial charge in [0.15, 0.2) is 0 Å². The van der Waals surface area contributed by atoms with Gasteiger partial charge in [-0.2, -0.15) is 0 Å². The van der Waals surface area contributed by atoms with E-state index < -0.39 is 108 Å². The molecule has 13 N–H and O–H groups in total. The largest absolute Gasteiger partial charge is 0.508 e. The molecule has 336 valence electrons. The van der Waals surface area contributed by atoms with Crippen LogP contribution in [0.3, 0.4) is 0 Å². The minimum absolute atomic E-state index is 0.107. The Kier molecular flexibility index (Phi) is 15.1. The summed E-state index contributed by atoms with van der Waals surface area (Å²) < 4.78 is 6.35. The second-order valence-corrected chi connectivity index (χ2v) is 14.7. The monoisotopic (exact) mass is 876 g/mol. The Labute approximate surface area is 357 Å². The molecule has 23 heteroatoms. The van der Waals surface area contributed by atoms with Crippen molar-refractivity contribution in [2.75, 3.05) is 13.6 Å². The van der Waals surface area contributed by atoms with Crippen LogP contribution in [0.5, 0.6) is 5.75 Å². The smallest absolute Gasteiger partial charge is 0.331 e. The van der Waals surface area contributed by atoms with Crippen LogP contribution in [0.25, 0.3) is 10.9 Å². The lowest BCUT2D eigenvalue weighted by molar-refractivity contribution is -0.140. The molecule has 6 amide bonds. The average molecular weight is 877 g/mol. The first kappa shape index (κ1) is 46.6. The van der Waals surface area contributed by atoms with Gasteiger partial charge in [-0.15, -0.1) is 0 Å². The number of nitrogens with zero attached hydrogens (tertiary/aromatic N) is 2. The van der Waals surface area contributed by atoms with Crippen molar-refractivity contribution in [1.82, 2.24) is 46.0 Å². The van der Waals surface area contributed by atoms with E-state index >= 15 is 0 Å². The molecule has 1 fully saturated rings. The first-order valence-electron chi connectivity index (χ1n) is 19.4. The Morgan fingerprint density at radius 3 is 2.35 bits per heavy atom. The number of aromatic nitrogens is 3. The van der Waals surface area contributed by atoms with E-state index in [1.807, 2.05) is 4.98 Å². The Hall–Kier alpha value is -7.50. The maximum atomic E-state index is 14.0. The maximum Gasteiger partial charge on any atom is 0.331 e. The number of benzene rings is 2. The van der Waals surface area contributed by atoms with Crippen LogP contribution in [-0.2, 0) is 41.6 Å². The topological polar surface area (TPSA) is 353 Å². The molecule has 1 aliphatic rings. The Morgan fingerprint density at radius 1 is 0.937 bits per heavy atom. The van der Waals surface area contributed by atoms with Crippen molar-refractivity contribution in [1.29, 1.82) is 0 Å². The number of phenolic OH excluding ortho intramolecular Hbond substituents is 1. The van der Waals surface area contributed by atoms with E-state index in [9.17, 15) is 58.8 Å². The number of nitrogens with one attached hydrogen (secondary N) is 7. The van der Waals surface area contributed by atoms with Gasteiger partial charge in [0, 0.05) is 55.5 Å². The van der Waals surface area contributed by atoms with Crippen molar-refractivity contribution in [3.8, 4) is 5.75 Å². The third-order valence-corrected chi connectivity index (χ3v) is 10.3. The summed E-state index contributed by atoms with van der Waals surface area (Å²) >= 11 is 0. The number of aliphatic carboxylic acids is 1. The fourth-order valence-corrected chi connectivity index (χ4v) is 6.71. The summed E-state index contributed by atoms with van der Waals surface area (Å²) in [6.45, 7) is 2.15. The van der Waals surface area contributed by atoms with Crippen molar-refractivity contribution >= 4 is 46.5 Å². The number of carboxylic acid groups (broad SMARTS) is 1. The predicted octanol–water partition coefficient (Wildman–Crippen LogP) is -2.67. The zero-order valence-electron chi connectivity index (χ0n) is 34.1. The molecule has 0 radical (unpaired) electrons. The number of hydrogen-bond acceptors (Lipinski definition) is 13. The van der Waals surface area contributed by atoms with Crippen LogP contribution in [0.1, 0.15) is 31.2 Å². The molecule has 4 aromatic rings. The van der Waals surface area contributed by atoms with Crippen molar-refractivity contribution in [2.45, 2.75) is 75.3 Å². The number of ether oxygens (including phenoxy) is 1. The molecule has 2 aromatic carbocycles. The van der Waals surface area contributed by atoms with Gasteiger partial charge in [-0.05, 0) is 43.2 Å². The van der Waals surface area contributed by atoms with E-state index in [4.69, 9.17) is 10.5 Å². The van der Waals surface area contributed by atoms with Gasteiger partial charge in [-0.1, -0.05) is 30.3 Å². The number of H-pyrrole nitrogens is 2. The lowest BCUT2D eigenvalue weighted by atomic mass is 10.0. The number of fused-ring (bicyclic) bond motifs is 1. The highest BCUT2D eigenvalue weighted by atomic mass is 16.6. The number of rotatable bonds is 17. The number of carbonyl (C=O) groups is 6. The van der Waals surface area contributed by atoms with Crippen LogP contribution in [0.2, 0.25) is 0 Å². The first-order valence-corrected chi connectivity index (χ1v) is 19.4. The van der Waals surface area contributed by atoms with Gasteiger partial charge in [-0.25, -0.2) is 14.4 Å². The molecule has 0 unspecified atom stereocenters. The third-order valence-electron chi connectivity index (χ3n) is 10.3. The first-order chi connectivity index (χ1) is 29.9. The normalized spacial score (nSPS) is 18.8. The SMILES string of the molecule is C[C@H](NC(=O)N[C@@H](Cc1c[nH]c2ccccc12)C(=O)O)C(=O)N[C@H](C(=O)N/C=C1\O[C@@H](n2ccc(=O)[nH]c2=O)[C@H](O)[C@@H]1O)[C@H](C)N(C)C(=O)[C@@H](Cc1cccc(O)c1)NC(=O)CN. The molecule has 0 aliphatic carbocycles. The number of carbonyl (C=O) groups excluding carboxylic acids is 5. The fourth-order valence-electron chi connectivity index (χ4n) is 6.71. The highest BCUT2D eigenvalue weighted by Gasteiger charge is 2.42. The van der Waals surface area contributed by atoms with Gasteiger partial charge in [0.05, 0.1) is 12.6 Å². The molecule has 2 aromatic heterocycles. The second-order valence-electron chi connectivity index (χ2n) is 14.7. The highest BCUT2D eigenvalue weighted by molar-refractivity contribution is 5.94. The summed E-state index contributed by atoms with van der Waals surface area (Å²) in [6.07, 6.45) is -1.86. The standard InChI is InChI=1S/C40H48N10O13/c1-19(44-39(61)46-27(38(59)60)15-22-17-42-25-10-5-4-9-24(22)25)34(56)48-31(20(2)49(3)36(58)26(45-30(53)16-41)14-21-7-6-8-23(51)13-21)35(57)43-18-28-32(54)33(55)37(63-28)50-12-11-29(52)47-40(50)62/h4-13,17-20,26-27,31-33,37,42,51,54-55H,14-16,41H2,1-3H3,(H,43,57)(H,45,53)(H,48,56)(H,59,60)(H2,44,46,61)(H,47,52,62)/b28-18-/t19-,20-,26+,27-,31-,32+,33+,37+/m0/s1. The molecule has 1 saturated heterocycles. The zero-order valence-corrected chi connectivity index (χ0v) is 34.1. The van der Waals surface area contributed by atoms with E-state index in [1.165, 1.54) is 39.1 Å². The van der Waals surface area contributed by atoms with E-state index in [1.54, 1.807) is 36.5 Å². The number of aromatic amines is 2. The van der Waals surface area contributed by atoms with Gasteiger partial charge < -0.3 is 67.4 Å².